The minimum Gasteiger partial charge on any atom is -0.445 e. The molecular formula is C19H25NO5S. The van der Waals surface area contributed by atoms with Gasteiger partial charge in [0, 0.05) is 0 Å². The number of rotatable bonds is 5. The third-order valence-electron chi connectivity index (χ3n) is 6.05. The Bertz CT molecular complexity index is 764. The van der Waals surface area contributed by atoms with Gasteiger partial charge in [0.1, 0.15) is 12.2 Å². The molecule has 4 bridgehead atoms. The Balaban J connectivity index is 1.47. The van der Waals surface area contributed by atoms with Crippen LogP contribution in [0.15, 0.2) is 30.3 Å². The second-order valence-corrected chi connectivity index (χ2v) is 9.72. The number of alkyl carbamates (subject to hydrolysis) is 1. The van der Waals surface area contributed by atoms with Crippen LogP contribution in [0, 0.1) is 17.8 Å². The summed E-state index contributed by atoms with van der Waals surface area (Å²) in [6.45, 7) is 0.190. The van der Waals surface area contributed by atoms with E-state index in [0.29, 0.717) is 24.7 Å². The molecule has 4 aliphatic carbocycles. The Hall–Kier alpha value is -1.60. The molecule has 1 amide bonds. The molecule has 6 nitrogen and oxygen atoms in total. The average Bonchev–Trinajstić information content (AvgIpc) is 2.55. The normalized spacial score (nSPS) is 35.3. The maximum absolute atomic E-state index is 12.4. The molecule has 1 aromatic carbocycles. The van der Waals surface area contributed by atoms with Crippen molar-refractivity contribution < 1.29 is 22.1 Å². The summed E-state index contributed by atoms with van der Waals surface area (Å²) < 4.78 is 34.8. The second-order valence-electron chi connectivity index (χ2n) is 8.14. The molecule has 7 heteroatoms. The molecule has 0 aliphatic heterocycles. The number of carbonyl (C=O) groups excluding carboxylic acids is 1. The van der Waals surface area contributed by atoms with Gasteiger partial charge in [-0.1, -0.05) is 30.3 Å². The highest BCUT2D eigenvalue weighted by molar-refractivity contribution is 7.86. The Labute approximate surface area is 154 Å². The zero-order chi connectivity index (χ0) is 18.4. The van der Waals surface area contributed by atoms with E-state index < -0.39 is 21.8 Å². The number of benzene rings is 1. The van der Waals surface area contributed by atoms with Crippen LogP contribution in [0.5, 0.6) is 0 Å². The first-order chi connectivity index (χ1) is 12.3. The first-order valence-electron chi connectivity index (χ1n) is 9.21. The summed E-state index contributed by atoms with van der Waals surface area (Å²) in [5.74, 6) is 1.24. The van der Waals surface area contributed by atoms with Crippen LogP contribution >= 0.6 is 0 Å². The molecule has 0 radical (unpaired) electrons. The number of hydrogen-bond acceptors (Lipinski definition) is 5. The van der Waals surface area contributed by atoms with E-state index in [9.17, 15) is 13.2 Å². The minimum atomic E-state index is -3.60. The van der Waals surface area contributed by atoms with Crippen molar-refractivity contribution in [1.29, 1.82) is 0 Å². The van der Waals surface area contributed by atoms with E-state index in [1.807, 2.05) is 30.3 Å². The maximum Gasteiger partial charge on any atom is 0.407 e. The molecule has 142 valence electrons. The molecule has 3 unspecified atom stereocenters. The van der Waals surface area contributed by atoms with Crippen molar-refractivity contribution in [2.45, 2.75) is 50.4 Å². The number of amides is 1. The van der Waals surface area contributed by atoms with Gasteiger partial charge in [-0.2, -0.15) is 8.42 Å². The van der Waals surface area contributed by atoms with Crippen molar-refractivity contribution in [1.82, 2.24) is 5.32 Å². The summed E-state index contributed by atoms with van der Waals surface area (Å²) in [5, 5.41) is 2.95. The highest BCUT2D eigenvalue weighted by Gasteiger charge is 2.60. The molecule has 5 rings (SSSR count). The molecule has 0 spiro atoms. The van der Waals surface area contributed by atoms with Gasteiger partial charge in [0.05, 0.1) is 12.3 Å². The Morgan fingerprint density at radius 1 is 1.15 bits per heavy atom. The van der Waals surface area contributed by atoms with Crippen LogP contribution in [0.2, 0.25) is 0 Å². The highest BCUT2D eigenvalue weighted by atomic mass is 32.2. The van der Waals surface area contributed by atoms with Gasteiger partial charge in [-0.25, -0.2) is 4.79 Å². The topological polar surface area (TPSA) is 81.7 Å². The molecule has 4 aliphatic rings. The van der Waals surface area contributed by atoms with Gasteiger partial charge in [-0.15, -0.1) is 0 Å². The van der Waals surface area contributed by atoms with Gasteiger partial charge in [0.15, 0.2) is 0 Å². The first kappa shape index (κ1) is 17.8. The lowest BCUT2D eigenvalue weighted by Gasteiger charge is -2.59. The van der Waals surface area contributed by atoms with Gasteiger partial charge in [0.2, 0.25) is 0 Å². The number of hydrogen-bond donors (Lipinski definition) is 1. The zero-order valence-corrected chi connectivity index (χ0v) is 15.7. The molecule has 1 N–H and O–H groups in total. The summed E-state index contributed by atoms with van der Waals surface area (Å²) in [5.41, 5.74) is 0.100. The molecule has 0 heterocycles. The number of carbonyl (C=O) groups is 1. The van der Waals surface area contributed by atoms with Crippen LogP contribution in [0.25, 0.3) is 0 Å². The van der Waals surface area contributed by atoms with Gasteiger partial charge in [-0.05, 0) is 55.4 Å². The highest BCUT2D eigenvalue weighted by Crippen LogP contribution is 2.57. The van der Waals surface area contributed by atoms with Gasteiger partial charge in [-0.3, -0.25) is 4.18 Å². The summed E-state index contributed by atoms with van der Waals surface area (Å²) in [6, 6.07) is 9.17. The quantitative estimate of drug-likeness (QED) is 0.796. The minimum absolute atomic E-state index is 0.190. The molecule has 3 atom stereocenters. The second kappa shape index (κ2) is 6.53. The molecule has 1 aromatic rings. The van der Waals surface area contributed by atoms with Crippen molar-refractivity contribution in [2.24, 2.45) is 17.8 Å². The van der Waals surface area contributed by atoms with E-state index in [1.54, 1.807) is 0 Å². The van der Waals surface area contributed by atoms with Crippen LogP contribution in [0.3, 0.4) is 0 Å². The zero-order valence-electron chi connectivity index (χ0n) is 14.9. The van der Waals surface area contributed by atoms with Crippen molar-refractivity contribution in [3.05, 3.63) is 35.9 Å². The predicted molar refractivity (Wildman–Crippen MR) is 95.8 cm³/mol. The third-order valence-corrected chi connectivity index (χ3v) is 6.68. The first-order valence-corrected chi connectivity index (χ1v) is 11.0. The lowest BCUT2D eigenvalue weighted by atomic mass is 9.52. The monoisotopic (exact) mass is 379 g/mol. The Morgan fingerprint density at radius 3 is 2.42 bits per heavy atom. The molecule has 4 saturated carbocycles. The number of nitrogens with one attached hydrogen (secondary N) is 1. The van der Waals surface area contributed by atoms with Crippen LogP contribution in [0.4, 0.5) is 4.79 Å². The predicted octanol–water partition coefficient (Wildman–Crippen LogP) is 2.84. The lowest BCUT2D eigenvalue weighted by Crippen LogP contribution is -2.67. The Kier molecular flexibility index (Phi) is 4.47. The SMILES string of the molecule is CS(=O)(=O)OC12CC3CC(CC(C3)C1NC(=O)OCc1ccccc1)C2. The maximum atomic E-state index is 12.4. The fourth-order valence-corrected chi connectivity index (χ4v) is 6.37. The third kappa shape index (κ3) is 3.60. The van der Waals surface area contributed by atoms with Crippen LogP contribution in [-0.4, -0.2) is 32.4 Å². The van der Waals surface area contributed by atoms with Crippen molar-refractivity contribution in [2.75, 3.05) is 6.26 Å². The van der Waals surface area contributed by atoms with Crippen molar-refractivity contribution in [3.8, 4) is 0 Å². The van der Waals surface area contributed by atoms with Crippen LogP contribution in [-0.2, 0) is 25.6 Å². The molecule has 26 heavy (non-hydrogen) atoms. The Morgan fingerprint density at radius 2 is 1.81 bits per heavy atom. The summed E-state index contributed by atoms with van der Waals surface area (Å²) in [7, 11) is -3.60. The van der Waals surface area contributed by atoms with E-state index in [0.717, 1.165) is 31.1 Å². The van der Waals surface area contributed by atoms with E-state index in [-0.39, 0.29) is 18.6 Å². The molecule has 4 fully saturated rings. The van der Waals surface area contributed by atoms with E-state index in [1.165, 1.54) is 0 Å². The number of ether oxygens (including phenoxy) is 1. The van der Waals surface area contributed by atoms with E-state index in [4.69, 9.17) is 8.92 Å². The standard InChI is InChI=1S/C19H25NO5S/c1-26(22,23)25-19-10-14-7-15(11-19)9-16(8-14)17(19)20-18(21)24-12-13-5-3-2-4-6-13/h2-6,14-17H,7-12H2,1H3,(H,20,21). The van der Waals surface area contributed by atoms with Gasteiger partial charge < -0.3 is 10.1 Å². The molecular weight excluding hydrogens is 354 g/mol. The summed E-state index contributed by atoms with van der Waals surface area (Å²) in [4.78, 5) is 12.4. The smallest absolute Gasteiger partial charge is 0.407 e. The average molecular weight is 379 g/mol. The van der Waals surface area contributed by atoms with E-state index >= 15 is 0 Å². The van der Waals surface area contributed by atoms with Crippen molar-refractivity contribution >= 4 is 16.2 Å². The van der Waals surface area contributed by atoms with Gasteiger partial charge in [0.25, 0.3) is 10.1 Å². The fraction of sp³-hybridized carbons (Fsp3) is 0.632. The molecule has 0 saturated heterocycles. The summed E-state index contributed by atoms with van der Waals surface area (Å²) >= 11 is 0. The largest absolute Gasteiger partial charge is 0.445 e. The van der Waals surface area contributed by atoms with E-state index in [2.05, 4.69) is 5.32 Å². The molecule has 0 aromatic heterocycles. The van der Waals surface area contributed by atoms with Crippen molar-refractivity contribution in [3.63, 3.8) is 0 Å². The lowest BCUT2D eigenvalue weighted by molar-refractivity contribution is -0.128. The summed E-state index contributed by atoms with van der Waals surface area (Å²) in [6.07, 6.45) is 5.16. The van der Waals surface area contributed by atoms with Gasteiger partial charge >= 0.3 is 6.09 Å². The fourth-order valence-electron chi connectivity index (χ4n) is 5.53. The van der Waals surface area contributed by atoms with Crippen LogP contribution < -0.4 is 5.32 Å². The van der Waals surface area contributed by atoms with Crippen LogP contribution in [0.1, 0.15) is 37.7 Å².